The molecule has 2 heterocycles. The van der Waals surface area contributed by atoms with Gasteiger partial charge in [-0.25, -0.2) is 0 Å². The minimum atomic E-state index is -0.628. The van der Waals surface area contributed by atoms with Crippen LogP contribution >= 0.6 is 11.3 Å². The Labute approximate surface area is 339 Å². The summed E-state index contributed by atoms with van der Waals surface area (Å²) < 4.78 is 9.33. The summed E-state index contributed by atoms with van der Waals surface area (Å²) in [7, 11) is 0. The average Bonchev–Trinajstić information content (AvgIpc) is 3.63. The predicted octanol–water partition coefficient (Wildman–Crippen LogP) is 15.5. The fraction of sp³-hybridized carbons (Fsp3) is 0.0182. The molecule has 0 bridgehead atoms. The summed E-state index contributed by atoms with van der Waals surface area (Å²) in [4.78, 5) is 2.46. The van der Waals surface area contributed by atoms with Crippen molar-refractivity contribution in [2.24, 2.45) is 0 Å². The van der Waals surface area contributed by atoms with Crippen molar-refractivity contribution in [1.82, 2.24) is 0 Å². The van der Waals surface area contributed by atoms with Gasteiger partial charge in [-0.2, -0.15) is 0 Å². The quantitative estimate of drug-likeness (QED) is 0.178. The number of hydrogen-bond donors (Lipinski definition) is 0. The van der Waals surface area contributed by atoms with Crippen molar-refractivity contribution in [2.45, 2.75) is 5.41 Å². The summed E-state index contributed by atoms with van der Waals surface area (Å²) in [5, 5.41) is 10.1. The highest BCUT2D eigenvalue weighted by Crippen LogP contribution is 2.61. The molecule has 0 atom stereocenters. The van der Waals surface area contributed by atoms with Crippen LogP contribution in [0, 0.1) is 0 Å². The largest absolute Gasteiger partial charge is 0.457 e. The van der Waals surface area contributed by atoms with E-state index in [9.17, 15) is 0 Å². The number of nitrogens with zero attached hydrogens (tertiary/aromatic N) is 1. The predicted molar refractivity (Wildman–Crippen MR) is 244 cm³/mol. The van der Waals surface area contributed by atoms with Crippen molar-refractivity contribution in [3.8, 4) is 22.6 Å². The Bertz CT molecular complexity index is 3470. The smallest absolute Gasteiger partial charge is 0.132 e. The van der Waals surface area contributed by atoms with E-state index in [0.29, 0.717) is 0 Å². The number of anilines is 3. The summed E-state index contributed by atoms with van der Waals surface area (Å²) in [6.45, 7) is 0. The van der Waals surface area contributed by atoms with E-state index in [2.05, 4.69) is 205 Å². The lowest BCUT2D eigenvalue weighted by atomic mass is 9.58. The van der Waals surface area contributed by atoms with E-state index in [1.165, 1.54) is 74.7 Å². The summed E-state index contributed by atoms with van der Waals surface area (Å²) in [5.41, 5.74) is 10.1. The molecule has 1 spiro atoms. The first-order valence-electron chi connectivity index (χ1n) is 19.9. The first kappa shape index (κ1) is 31.9. The van der Waals surface area contributed by atoms with Gasteiger partial charge in [-0.1, -0.05) is 140 Å². The van der Waals surface area contributed by atoms with Gasteiger partial charge < -0.3 is 9.64 Å². The minimum Gasteiger partial charge on any atom is -0.457 e. The fourth-order valence-corrected chi connectivity index (χ4v) is 11.3. The molecule has 0 amide bonds. The van der Waals surface area contributed by atoms with Crippen molar-refractivity contribution in [3.05, 3.63) is 222 Å². The van der Waals surface area contributed by atoms with Gasteiger partial charge in [-0.3, -0.25) is 0 Å². The van der Waals surface area contributed by atoms with Crippen LogP contribution < -0.4 is 9.64 Å². The molecule has 0 saturated carbocycles. The van der Waals surface area contributed by atoms with Gasteiger partial charge in [0, 0.05) is 48.4 Å². The Kier molecular flexibility index (Phi) is 6.56. The van der Waals surface area contributed by atoms with Gasteiger partial charge in [0.15, 0.2) is 0 Å². The van der Waals surface area contributed by atoms with Crippen molar-refractivity contribution in [2.75, 3.05) is 4.90 Å². The van der Waals surface area contributed by atoms with Crippen LogP contribution in [0.1, 0.15) is 22.3 Å². The van der Waals surface area contributed by atoms with Crippen molar-refractivity contribution >= 4 is 80.9 Å². The number of hydrogen-bond acceptors (Lipinski definition) is 3. The first-order valence-corrected chi connectivity index (χ1v) is 20.7. The molecule has 2 aliphatic rings. The fourth-order valence-electron chi connectivity index (χ4n) is 10.2. The molecule has 0 fully saturated rings. The Morgan fingerprint density at radius 1 is 0.362 bits per heavy atom. The second-order valence-corrected chi connectivity index (χ2v) is 16.7. The maximum Gasteiger partial charge on any atom is 0.132 e. The highest BCUT2D eigenvalue weighted by molar-refractivity contribution is 7.26. The van der Waals surface area contributed by atoms with Crippen LogP contribution in [0.25, 0.3) is 63.6 Å². The molecule has 0 N–H and O–H groups in total. The van der Waals surface area contributed by atoms with E-state index >= 15 is 0 Å². The summed E-state index contributed by atoms with van der Waals surface area (Å²) in [6, 6.07) is 74.0. The number of thiophene rings is 1. The van der Waals surface area contributed by atoms with E-state index in [0.717, 1.165) is 39.7 Å². The molecule has 1 aromatic heterocycles. The lowest BCUT2D eigenvalue weighted by Gasteiger charge is -2.45. The van der Waals surface area contributed by atoms with Crippen molar-refractivity contribution in [3.63, 3.8) is 0 Å². The Morgan fingerprint density at radius 2 is 0.931 bits per heavy atom. The molecule has 3 heteroatoms. The first-order chi connectivity index (χ1) is 28.7. The van der Waals surface area contributed by atoms with Gasteiger partial charge in [-0.15, -0.1) is 11.3 Å². The molecule has 10 aromatic carbocycles. The van der Waals surface area contributed by atoms with Gasteiger partial charge in [0.1, 0.15) is 11.5 Å². The summed E-state index contributed by atoms with van der Waals surface area (Å²) in [5.74, 6) is 1.78. The summed E-state index contributed by atoms with van der Waals surface area (Å²) in [6.07, 6.45) is 0. The SMILES string of the molecule is c1ccc2c(c1)Oc1ccccc1C21c2cc(N(c3ccc4ccccc4c3)c3ccc4c(c3)sc3cc5ccccc5cc34)ccc2-c2cccc3cccc1c23. The molecule has 0 unspecified atom stereocenters. The van der Waals surface area contributed by atoms with Gasteiger partial charge >= 0.3 is 0 Å². The Balaban J connectivity index is 1.11. The van der Waals surface area contributed by atoms with E-state index < -0.39 is 5.41 Å². The van der Waals surface area contributed by atoms with E-state index in [4.69, 9.17) is 4.74 Å². The third-order valence-corrected chi connectivity index (χ3v) is 13.8. The van der Waals surface area contributed by atoms with Crippen LogP contribution in [0.3, 0.4) is 0 Å². The Hall–Kier alpha value is -7.20. The molecule has 13 rings (SSSR count). The number of ether oxygens (including phenoxy) is 1. The van der Waals surface area contributed by atoms with Crippen LogP contribution in [0.4, 0.5) is 17.1 Å². The third kappa shape index (κ3) is 4.37. The van der Waals surface area contributed by atoms with Gasteiger partial charge in [0.05, 0.1) is 5.41 Å². The average molecular weight is 756 g/mol. The van der Waals surface area contributed by atoms with Crippen molar-refractivity contribution in [1.29, 1.82) is 0 Å². The lowest BCUT2D eigenvalue weighted by molar-refractivity contribution is 0.435. The lowest BCUT2D eigenvalue weighted by Crippen LogP contribution is -2.36. The van der Waals surface area contributed by atoms with Crippen LogP contribution in [0.2, 0.25) is 0 Å². The Morgan fingerprint density at radius 3 is 1.72 bits per heavy atom. The van der Waals surface area contributed by atoms with E-state index in [1.807, 2.05) is 11.3 Å². The zero-order valence-corrected chi connectivity index (χ0v) is 32.1. The number of para-hydroxylation sites is 2. The molecule has 2 nitrogen and oxygen atoms in total. The highest BCUT2D eigenvalue weighted by atomic mass is 32.1. The molecule has 1 aliphatic carbocycles. The molecule has 58 heavy (non-hydrogen) atoms. The van der Waals surface area contributed by atoms with E-state index in [-0.39, 0.29) is 0 Å². The topological polar surface area (TPSA) is 12.5 Å². The molecular formula is C55H33NOS. The van der Waals surface area contributed by atoms with Gasteiger partial charge in [0.25, 0.3) is 0 Å². The zero-order valence-electron chi connectivity index (χ0n) is 31.3. The molecular weight excluding hydrogens is 723 g/mol. The van der Waals surface area contributed by atoms with Crippen molar-refractivity contribution < 1.29 is 4.74 Å². The summed E-state index contributed by atoms with van der Waals surface area (Å²) >= 11 is 1.87. The standard InChI is InChI=1S/C55H33NOS/c1-2-12-36-29-39(24-23-34(36)11-1)56(41-26-28-43-45-30-37-13-3-4-14-38(37)31-52(45)58-53(43)33-41)40-25-27-42-44-17-9-15-35-16-10-20-48(54(35)44)55(49(42)32-40)46-18-5-7-21-50(46)57-51-22-8-6-19-47(51)55/h1-33H. The number of rotatable bonds is 3. The van der Waals surface area contributed by atoms with E-state index in [1.54, 1.807) is 0 Å². The minimum absolute atomic E-state index is 0.628. The molecule has 11 aromatic rings. The number of fused-ring (bicyclic) bond motifs is 13. The zero-order chi connectivity index (χ0) is 38.0. The molecule has 0 radical (unpaired) electrons. The molecule has 1 aliphatic heterocycles. The number of benzene rings is 10. The van der Waals surface area contributed by atoms with Crippen LogP contribution in [0.15, 0.2) is 200 Å². The highest BCUT2D eigenvalue weighted by Gasteiger charge is 2.49. The van der Waals surface area contributed by atoms with Crippen LogP contribution in [-0.4, -0.2) is 0 Å². The van der Waals surface area contributed by atoms with Crippen LogP contribution in [0.5, 0.6) is 11.5 Å². The molecule has 270 valence electrons. The maximum atomic E-state index is 6.74. The normalized spacial score (nSPS) is 13.4. The van der Waals surface area contributed by atoms with Gasteiger partial charge in [-0.05, 0) is 115 Å². The van der Waals surface area contributed by atoms with Crippen LogP contribution in [-0.2, 0) is 5.41 Å². The maximum absolute atomic E-state index is 6.74. The monoisotopic (exact) mass is 755 g/mol. The van der Waals surface area contributed by atoms with Gasteiger partial charge in [0.2, 0.25) is 0 Å². The third-order valence-electron chi connectivity index (χ3n) is 12.6. The molecule has 0 saturated heterocycles. The second kappa shape index (κ2) is 11.9. The second-order valence-electron chi connectivity index (χ2n) is 15.6.